The quantitative estimate of drug-likeness (QED) is 0.162. The van der Waals surface area contributed by atoms with Crippen molar-refractivity contribution in [1.29, 1.82) is 0 Å². The summed E-state index contributed by atoms with van der Waals surface area (Å²) in [6, 6.07) is 33.2. The van der Waals surface area contributed by atoms with Gasteiger partial charge in [-0.1, -0.05) is 66.7 Å². The first kappa shape index (κ1) is 35.8. The molecule has 1 atom stereocenters. The second-order valence-electron chi connectivity index (χ2n) is 13.9. The number of aromatic nitrogens is 3. The number of rotatable bonds is 8. The molecule has 278 valence electrons. The van der Waals surface area contributed by atoms with Gasteiger partial charge in [0.1, 0.15) is 11.9 Å². The number of benzene rings is 4. The summed E-state index contributed by atoms with van der Waals surface area (Å²) in [4.78, 5) is 65.0. The van der Waals surface area contributed by atoms with E-state index in [0.29, 0.717) is 46.6 Å². The Morgan fingerprint density at radius 1 is 0.821 bits per heavy atom. The second-order valence-corrected chi connectivity index (χ2v) is 13.9. The maximum absolute atomic E-state index is 14.0. The predicted molar refractivity (Wildman–Crippen MR) is 219 cm³/mol. The number of nitrogens with one attached hydrogen (secondary N) is 2. The minimum absolute atomic E-state index is 0.166. The van der Waals surface area contributed by atoms with Gasteiger partial charge in [0.15, 0.2) is 0 Å². The van der Waals surface area contributed by atoms with Crippen molar-refractivity contribution < 1.29 is 14.4 Å². The number of hydrogen-bond acceptors (Lipinski definition) is 8. The Balaban J connectivity index is 1.07. The molecule has 0 aliphatic carbocycles. The molecule has 2 N–H and O–H groups in total. The van der Waals surface area contributed by atoms with Gasteiger partial charge in [-0.15, -0.1) is 0 Å². The summed E-state index contributed by atoms with van der Waals surface area (Å²) < 4.78 is 0. The maximum atomic E-state index is 14.0. The molecule has 6 aromatic rings. The van der Waals surface area contributed by atoms with Gasteiger partial charge in [0.25, 0.3) is 11.8 Å². The first-order valence-corrected chi connectivity index (χ1v) is 18.3. The lowest BCUT2D eigenvalue weighted by Gasteiger charge is -2.35. The zero-order valence-electron chi connectivity index (χ0n) is 31.4. The summed E-state index contributed by atoms with van der Waals surface area (Å²) in [7, 11) is 1.68. The van der Waals surface area contributed by atoms with E-state index in [4.69, 9.17) is 4.99 Å². The SMILES string of the molecule is Cc1ccc(Nc2ncc3c(n2)N(C)C(=O)N(c2cc(NC(=O)c4ccc5c(c4)N(Cc4ccccc4)C(=O)C(C)N=C5c4ccccc4)ccc2C)C3)cn1. The molecule has 0 saturated carbocycles. The Hall–Kier alpha value is -7.21. The number of urea groups is 1. The lowest BCUT2D eigenvalue weighted by atomic mass is 9.98. The van der Waals surface area contributed by atoms with Crippen molar-refractivity contribution in [2.45, 2.75) is 39.9 Å². The van der Waals surface area contributed by atoms with Crippen molar-refractivity contribution in [2.75, 3.05) is 32.4 Å². The molecule has 12 heteroatoms. The second kappa shape index (κ2) is 14.9. The van der Waals surface area contributed by atoms with Crippen molar-refractivity contribution in [3.8, 4) is 0 Å². The fourth-order valence-corrected chi connectivity index (χ4v) is 6.92. The molecule has 0 saturated heterocycles. The van der Waals surface area contributed by atoms with Crippen LogP contribution in [0.4, 0.5) is 39.3 Å². The van der Waals surface area contributed by atoms with E-state index in [1.165, 1.54) is 4.90 Å². The van der Waals surface area contributed by atoms with Crippen molar-refractivity contribution in [3.63, 3.8) is 0 Å². The number of aryl methyl sites for hydroxylation is 2. The zero-order valence-corrected chi connectivity index (χ0v) is 31.4. The molecule has 0 fully saturated rings. The van der Waals surface area contributed by atoms with Crippen LogP contribution in [0.15, 0.2) is 127 Å². The average molecular weight is 742 g/mol. The normalized spacial score (nSPS) is 15.1. The third-order valence-electron chi connectivity index (χ3n) is 9.91. The number of carbonyl (C=O) groups is 3. The fraction of sp³-hybridized carbons (Fsp3) is 0.159. The van der Waals surface area contributed by atoms with E-state index < -0.39 is 6.04 Å². The van der Waals surface area contributed by atoms with Gasteiger partial charge in [-0.25, -0.2) is 9.78 Å². The van der Waals surface area contributed by atoms with E-state index in [1.807, 2.05) is 98.8 Å². The molecule has 4 heterocycles. The molecule has 0 spiro atoms. The molecule has 1 unspecified atom stereocenters. The highest BCUT2D eigenvalue weighted by molar-refractivity contribution is 6.21. The molecule has 4 aromatic carbocycles. The Bertz CT molecular complexity index is 2510. The Kier molecular flexibility index (Phi) is 9.53. The topological polar surface area (TPSA) is 136 Å². The van der Waals surface area contributed by atoms with Crippen LogP contribution in [0.25, 0.3) is 0 Å². The zero-order chi connectivity index (χ0) is 38.9. The Morgan fingerprint density at radius 2 is 1.57 bits per heavy atom. The number of carbonyl (C=O) groups excluding carboxylic acids is 3. The van der Waals surface area contributed by atoms with Gasteiger partial charge in [-0.2, -0.15) is 4.98 Å². The largest absolute Gasteiger partial charge is 0.330 e. The van der Waals surface area contributed by atoms with Crippen LogP contribution in [0.3, 0.4) is 0 Å². The van der Waals surface area contributed by atoms with Gasteiger partial charge in [0.05, 0.1) is 42.1 Å². The van der Waals surface area contributed by atoms with Gasteiger partial charge in [0, 0.05) is 46.9 Å². The molecule has 12 nitrogen and oxygen atoms in total. The molecule has 8 rings (SSSR count). The number of aliphatic imine (C=N–C) groups is 1. The number of fused-ring (bicyclic) bond motifs is 2. The maximum Gasteiger partial charge on any atom is 0.330 e. The smallest absolute Gasteiger partial charge is 0.323 e. The number of benzodiazepines with no additional fused rings is 1. The van der Waals surface area contributed by atoms with Crippen LogP contribution in [0.5, 0.6) is 0 Å². The molecule has 4 amide bonds. The van der Waals surface area contributed by atoms with E-state index >= 15 is 0 Å². The van der Waals surface area contributed by atoms with Gasteiger partial charge in [-0.3, -0.25) is 29.4 Å². The van der Waals surface area contributed by atoms with Crippen LogP contribution in [-0.2, 0) is 17.9 Å². The van der Waals surface area contributed by atoms with Crippen molar-refractivity contribution in [2.24, 2.45) is 4.99 Å². The highest BCUT2D eigenvalue weighted by Gasteiger charge is 2.33. The van der Waals surface area contributed by atoms with Crippen LogP contribution >= 0.6 is 0 Å². The number of pyridine rings is 1. The van der Waals surface area contributed by atoms with E-state index in [-0.39, 0.29) is 24.4 Å². The van der Waals surface area contributed by atoms with Gasteiger partial charge < -0.3 is 15.5 Å². The van der Waals surface area contributed by atoms with Crippen LogP contribution in [0.2, 0.25) is 0 Å². The number of anilines is 6. The third-order valence-corrected chi connectivity index (χ3v) is 9.91. The van der Waals surface area contributed by atoms with Crippen LogP contribution in [0, 0.1) is 13.8 Å². The molecular formula is C44H39N9O3. The third kappa shape index (κ3) is 7.07. The van der Waals surface area contributed by atoms with Crippen molar-refractivity contribution >= 4 is 58.1 Å². The number of hydrogen-bond donors (Lipinski definition) is 2. The molecule has 2 aromatic heterocycles. The lowest BCUT2D eigenvalue weighted by Crippen LogP contribution is -2.46. The monoisotopic (exact) mass is 741 g/mol. The molecule has 2 aliphatic heterocycles. The predicted octanol–water partition coefficient (Wildman–Crippen LogP) is 7.83. The minimum atomic E-state index is -0.644. The lowest BCUT2D eigenvalue weighted by molar-refractivity contribution is -0.119. The Labute approximate surface area is 324 Å². The standard InChI is InChI=1S/C44H39N9O3/c1-27-15-18-34(22-37(27)53-26-33-23-46-43(50-40(33)51(4)44(53)56)49-35-19-16-28(2)45-24-35)48-41(54)32-17-20-36-38(21-32)52(25-30-11-7-5-8-12-30)42(55)29(3)47-39(36)31-13-9-6-10-14-31/h5-24,29H,25-26H2,1-4H3,(H,48,54)(H,46,49,50). The highest BCUT2D eigenvalue weighted by Crippen LogP contribution is 2.35. The van der Waals surface area contributed by atoms with Gasteiger partial charge >= 0.3 is 6.03 Å². The summed E-state index contributed by atoms with van der Waals surface area (Å²) in [5, 5.41) is 6.18. The summed E-state index contributed by atoms with van der Waals surface area (Å²) in [6.07, 6.45) is 3.41. The summed E-state index contributed by atoms with van der Waals surface area (Å²) >= 11 is 0. The van der Waals surface area contributed by atoms with Crippen LogP contribution < -0.4 is 25.3 Å². The number of amides is 4. The van der Waals surface area contributed by atoms with Gasteiger partial charge in [-0.05, 0) is 74.4 Å². The number of nitrogens with zero attached hydrogens (tertiary/aromatic N) is 7. The van der Waals surface area contributed by atoms with Crippen LogP contribution in [0.1, 0.15) is 50.8 Å². The van der Waals surface area contributed by atoms with Gasteiger partial charge in [0.2, 0.25) is 5.95 Å². The molecule has 2 aliphatic rings. The first-order chi connectivity index (χ1) is 27.1. The molecule has 0 radical (unpaired) electrons. The van der Waals surface area contributed by atoms with E-state index in [1.54, 1.807) is 60.4 Å². The van der Waals surface area contributed by atoms with E-state index in [0.717, 1.165) is 39.2 Å². The van der Waals surface area contributed by atoms with Crippen molar-refractivity contribution in [3.05, 3.63) is 161 Å². The van der Waals surface area contributed by atoms with E-state index in [9.17, 15) is 14.4 Å². The molecule has 56 heavy (non-hydrogen) atoms. The summed E-state index contributed by atoms with van der Waals surface area (Å²) in [6.45, 7) is 6.18. The summed E-state index contributed by atoms with van der Waals surface area (Å²) in [5.74, 6) is 0.325. The highest BCUT2D eigenvalue weighted by atomic mass is 16.2. The summed E-state index contributed by atoms with van der Waals surface area (Å²) in [5.41, 5.74) is 8.62. The molecule has 0 bridgehead atoms. The van der Waals surface area contributed by atoms with Crippen LogP contribution in [-0.4, -0.2) is 51.6 Å². The minimum Gasteiger partial charge on any atom is -0.323 e. The molecular weight excluding hydrogens is 703 g/mol. The average Bonchev–Trinajstić information content (AvgIpc) is 3.32. The van der Waals surface area contributed by atoms with Crippen molar-refractivity contribution in [1.82, 2.24) is 15.0 Å². The first-order valence-electron chi connectivity index (χ1n) is 18.3. The van der Waals surface area contributed by atoms with E-state index in [2.05, 4.69) is 25.6 Å². The Morgan fingerprint density at radius 3 is 2.32 bits per heavy atom. The fourth-order valence-electron chi connectivity index (χ4n) is 6.92.